The lowest BCUT2D eigenvalue weighted by molar-refractivity contribution is -0.167. The molecule has 0 saturated carbocycles. The Bertz CT molecular complexity index is 752. The predicted molar refractivity (Wildman–Crippen MR) is 103 cm³/mol. The van der Waals surface area contributed by atoms with E-state index in [9.17, 15) is 0 Å². The molecule has 0 radical (unpaired) electrons. The predicted octanol–water partition coefficient (Wildman–Crippen LogP) is 4.32. The Morgan fingerprint density at radius 1 is 1.08 bits per heavy atom. The van der Waals surface area contributed by atoms with Crippen LogP contribution in [0.5, 0.6) is 5.75 Å². The van der Waals surface area contributed by atoms with E-state index in [0.717, 1.165) is 11.5 Å². The molecular weight excluding hydrogens is 346 g/mol. The average Bonchev–Trinajstić information content (AvgIpc) is 3.01. The van der Waals surface area contributed by atoms with Gasteiger partial charge in [0.15, 0.2) is 12.0 Å². The molecule has 4 rings (SSSR count). The number of benzene rings is 2. The van der Waals surface area contributed by atoms with Crippen LogP contribution in [0.15, 0.2) is 59.5 Å². The maximum atomic E-state index is 6.32. The van der Waals surface area contributed by atoms with Crippen LogP contribution >= 0.6 is 11.8 Å². The second-order valence-electron chi connectivity index (χ2n) is 7.22. The Kier molecular flexibility index (Phi) is 4.97. The van der Waals surface area contributed by atoms with E-state index in [1.807, 2.05) is 31.7 Å². The molecule has 0 bridgehead atoms. The van der Waals surface area contributed by atoms with Gasteiger partial charge in [-0.25, -0.2) is 0 Å². The van der Waals surface area contributed by atoms with Crippen LogP contribution in [-0.2, 0) is 9.47 Å². The van der Waals surface area contributed by atoms with Crippen molar-refractivity contribution in [1.82, 2.24) is 4.90 Å². The third kappa shape index (κ3) is 3.62. The Hall–Kier alpha value is -1.53. The van der Waals surface area contributed by atoms with Gasteiger partial charge in [-0.05, 0) is 39.1 Å². The van der Waals surface area contributed by atoms with Gasteiger partial charge in [0.05, 0.1) is 12.6 Å². The minimum atomic E-state index is -0.555. The Labute approximate surface area is 159 Å². The van der Waals surface area contributed by atoms with E-state index >= 15 is 0 Å². The van der Waals surface area contributed by atoms with Gasteiger partial charge in [0, 0.05) is 16.2 Å². The zero-order valence-electron chi connectivity index (χ0n) is 15.4. The molecule has 2 aromatic rings. The van der Waals surface area contributed by atoms with Crippen molar-refractivity contribution in [3.63, 3.8) is 0 Å². The number of nitrogens with zero attached hydrogens (tertiary/aromatic N) is 1. The molecule has 0 unspecified atom stereocenters. The average molecular weight is 372 g/mol. The molecule has 2 aliphatic rings. The zero-order valence-corrected chi connectivity index (χ0v) is 16.2. The summed E-state index contributed by atoms with van der Waals surface area (Å²) in [5.41, 5.74) is 1.23. The van der Waals surface area contributed by atoms with Crippen LogP contribution in [0.2, 0.25) is 0 Å². The lowest BCUT2D eigenvalue weighted by atomic mass is 10.0. The number of hydrogen-bond donors (Lipinski definition) is 0. The first-order chi connectivity index (χ1) is 12.5. The normalized spacial score (nSPS) is 27.7. The second kappa shape index (κ2) is 7.24. The summed E-state index contributed by atoms with van der Waals surface area (Å²) in [6.45, 7) is 4.45. The fourth-order valence-corrected chi connectivity index (χ4v) is 4.68. The van der Waals surface area contributed by atoms with Gasteiger partial charge in [0.1, 0.15) is 11.9 Å². The summed E-state index contributed by atoms with van der Waals surface area (Å²) in [7, 11) is 2.12. The highest BCUT2D eigenvalue weighted by Gasteiger charge is 2.44. The maximum absolute atomic E-state index is 6.32. The first-order valence-electron chi connectivity index (χ1n) is 9.01. The largest absolute Gasteiger partial charge is 0.472 e. The summed E-state index contributed by atoms with van der Waals surface area (Å²) in [5, 5.41) is 0. The van der Waals surface area contributed by atoms with E-state index in [4.69, 9.17) is 14.2 Å². The molecular formula is C21H25NO3S. The molecule has 4 nitrogen and oxygen atoms in total. The lowest BCUT2D eigenvalue weighted by Gasteiger charge is -2.42. The first-order valence-corrected chi connectivity index (χ1v) is 9.99. The quantitative estimate of drug-likeness (QED) is 0.747. The molecule has 0 aliphatic carbocycles. The van der Waals surface area contributed by atoms with Crippen LogP contribution in [0.4, 0.5) is 0 Å². The number of para-hydroxylation sites is 1. The van der Waals surface area contributed by atoms with Crippen molar-refractivity contribution in [2.24, 2.45) is 0 Å². The SMILES string of the molecule is CN1[C@@H]([C@H]2COC(C)(C)O2)Oc2ccccc2[C@@H]1CSc1ccccc1. The molecule has 5 heteroatoms. The highest BCUT2D eigenvalue weighted by Crippen LogP contribution is 2.41. The van der Waals surface area contributed by atoms with Crippen molar-refractivity contribution < 1.29 is 14.2 Å². The van der Waals surface area contributed by atoms with Gasteiger partial charge in [0.2, 0.25) is 0 Å². The number of rotatable bonds is 4. The van der Waals surface area contributed by atoms with Crippen LogP contribution < -0.4 is 4.74 Å². The topological polar surface area (TPSA) is 30.9 Å². The maximum Gasteiger partial charge on any atom is 0.181 e. The molecule has 138 valence electrons. The molecule has 0 aromatic heterocycles. The van der Waals surface area contributed by atoms with Crippen molar-refractivity contribution in [2.45, 2.75) is 42.9 Å². The fourth-order valence-electron chi connectivity index (χ4n) is 3.57. The minimum Gasteiger partial charge on any atom is -0.472 e. The summed E-state index contributed by atoms with van der Waals surface area (Å²) >= 11 is 1.87. The van der Waals surface area contributed by atoms with E-state index < -0.39 is 5.79 Å². The van der Waals surface area contributed by atoms with Crippen LogP contribution in [0.25, 0.3) is 0 Å². The number of hydrogen-bond acceptors (Lipinski definition) is 5. The standard InChI is InChI=1S/C21H25NO3S/c1-21(2)23-13-19(25-21)20-22(3)17(14-26-15-9-5-4-6-10-15)16-11-7-8-12-18(16)24-20/h4-12,17,19-20H,13-14H2,1-3H3/t17-,19+,20+/m0/s1. The van der Waals surface area contributed by atoms with Crippen molar-refractivity contribution in [3.05, 3.63) is 60.2 Å². The monoisotopic (exact) mass is 371 g/mol. The van der Waals surface area contributed by atoms with Gasteiger partial charge in [-0.1, -0.05) is 36.4 Å². The van der Waals surface area contributed by atoms with E-state index in [-0.39, 0.29) is 18.4 Å². The van der Waals surface area contributed by atoms with Crippen molar-refractivity contribution in [1.29, 1.82) is 0 Å². The van der Waals surface area contributed by atoms with Gasteiger partial charge in [-0.2, -0.15) is 0 Å². The smallest absolute Gasteiger partial charge is 0.181 e. The Morgan fingerprint density at radius 2 is 1.81 bits per heavy atom. The van der Waals surface area contributed by atoms with E-state index in [2.05, 4.69) is 60.5 Å². The number of thioether (sulfide) groups is 1. The Morgan fingerprint density at radius 3 is 2.54 bits per heavy atom. The molecule has 1 fully saturated rings. The molecule has 2 aliphatic heterocycles. The number of ether oxygens (including phenoxy) is 3. The van der Waals surface area contributed by atoms with Gasteiger partial charge in [-0.3, -0.25) is 4.90 Å². The molecule has 2 heterocycles. The third-order valence-electron chi connectivity index (χ3n) is 4.92. The van der Waals surface area contributed by atoms with Crippen molar-refractivity contribution in [3.8, 4) is 5.75 Å². The first kappa shape index (κ1) is 17.9. The summed E-state index contributed by atoms with van der Waals surface area (Å²) < 4.78 is 18.2. The highest BCUT2D eigenvalue weighted by atomic mass is 32.2. The van der Waals surface area contributed by atoms with Gasteiger partial charge in [0.25, 0.3) is 0 Å². The van der Waals surface area contributed by atoms with E-state index in [1.165, 1.54) is 10.5 Å². The molecule has 0 N–H and O–H groups in total. The van der Waals surface area contributed by atoms with Crippen LogP contribution in [0, 0.1) is 0 Å². The zero-order chi connectivity index (χ0) is 18.1. The van der Waals surface area contributed by atoms with Crippen molar-refractivity contribution >= 4 is 11.8 Å². The third-order valence-corrected chi connectivity index (χ3v) is 6.01. The summed E-state index contributed by atoms with van der Waals surface area (Å²) in [6, 6.07) is 19.1. The van der Waals surface area contributed by atoms with Crippen molar-refractivity contribution in [2.75, 3.05) is 19.4 Å². The van der Waals surface area contributed by atoms with E-state index in [0.29, 0.717) is 6.61 Å². The number of fused-ring (bicyclic) bond motifs is 1. The molecule has 1 saturated heterocycles. The highest BCUT2D eigenvalue weighted by molar-refractivity contribution is 7.99. The molecule has 0 spiro atoms. The van der Waals surface area contributed by atoms with Gasteiger partial charge >= 0.3 is 0 Å². The van der Waals surface area contributed by atoms with Crippen LogP contribution in [-0.4, -0.2) is 42.4 Å². The van der Waals surface area contributed by atoms with E-state index in [1.54, 1.807) is 0 Å². The minimum absolute atomic E-state index is 0.104. The lowest BCUT2D eigenvalue weighted by Crippen LogP contribution is -2.51. The fraction of sp³-hybridized carbons (Fsp3) is 0.429. The van der Waals surface area contributed by atoms with Gasteiger partial charge < -0.3 is 14.2 Å². The summed E-state index contributed by atoms with van der Waals surface area (Å²) in [6.07, 6.45) is -0.263. The summed E-state index contributed by atoms with van der Waals surface area (Å²) in [5.74, 6) is 1.34. The Balaban J connectivity index is 1.57. The van der Waals surface area contributed by atoms with Crippen LogP contribution in [0.3, 0.4) is 0 Å². The van der Waals surface area contributed by atoms with Gasteiger partial charge in [-0.15, -0.1) is 11.8 Å². The molecule has 26 heavy (non-hydrogen) atoms. The second-order valence-corrected chi connectivity index (χ2v) is 8.31. The molecule has 3 atom stereocenters. The molecule has 0 amide bonds. The summed E-state index contributed by atoms with van der Waals surface area (Å²) in [4.78, 5) is 3.57. The molecule has 2 aromatic carbocycles. The number of likely N-dealkylation sites (N-methyl/N-ethyl adjacent to an activating group) is 1. The van der Waals surface area contributed by atoms with Crippen LogP contribution in [0.1, 0.15) is 25.5 Å².